The molecule has 0 N–H and O–H groups in total. The Kier molecular flexibility index (Phi) is 4.80. The maximum absolute atomic E-state index is 4.65. The largest absolute Gasteiger partial charge is 0.369 e. The van der Waals surface area contributed by atoms with Gasteiger partial charge in [-0.15, -0.1) is 0 Å². The van der Waals surface area contributed by atoms with E-state index in [2.05, 4.69) is 53.6 Å². The molecule has 2 nitrogen and oxygen atoms in total. The molecular formula is C18H28N2S. The molecule has 116 valence electrons. The van der Waals surface area contributed by atoms with E-state index in [0.29, 0.717) is 5.41 Å². The van der Waals surface area contributed by atoms with Crippen LogP contribution in [0.1, 0.15) is 31.2 Å². The normalized spacial score (nSPS) is 22.7. The third-order valence-corrected chi connectivity index (χ3v) is 5.97. The van der Waals surface area contributed by atoms with Gasteiger partial charge in [0.15, 0.2) is 0 Å². The van der Waals surface area contributed by atoms with Crippen molar-refractivity contribution in [1.29, 1.82) is 0 Å². The number of anilines is 1. The summed E-state index contributed by atoms with van der Waals surface area (Å²) in [7, 11) is 0. The van der Waals surface area contributed by atoms with E-state index in [4.69, 9.17) is 0 Å². The molecule has 1 aliphatic carbocycles. The molecule has 3 rings (SSSR count). The first kappa shape index (κ1) is 15.2. The smallest absolute Gasteiger partial charge is 0.0369 e. The number of hydrogen-bond acceptors (Lipinski definition) is 3. The zero-order chi connectivity index (χ0) is 14.7. The average Bonchev–Trinajstić information content (AvgIpc) is 2.97. The van der Waals surface area contributed by atoms with Crippen molar-refractivity contribution in [3.8, 4) is 0 Å². The summed E-state index contributed by atoms with van der Waals surface area (Å²) in [5.41, 5.74) is 3.25. The molecular weight excluding hydrogens is 276 g/mol. The van der Waals surface area contributed by atoms with Crippen LogP contribution in [-0.2, 0) is 0 Å². The third kappa shape index (κ3) is 3.57. The highest BCUT2D eigenvalue weighted by atomic mass is 32.1. The number of nitrogens with zero attached hydrogens (tertiary/aromatic N) is 2. The lowest BCUT2D eigenvalue weighted by molar-refractivity contribution is 0.164. The second-order valence-electron chi connectivity index (χ2n) is 6.97. The first-order chi connectivity index (χ1) is 10.2. The molecule has 1 aliphatic heterocycles. The van der Waals surface area contributed by atoms with Gasteiger partial charge in [0.1, 0.15) is 0 Å². The maximum Gasteiger partial charge on any atom is 0.0369 e. The predicted octanol–water partition coefficient (Wildman–Crippen LogP) is 3.61. The van der Waals surface area contributed by atoms with Crippen molar-refractivity contribution in [1.82, 2.24) is 4.90 Å². The van der Waals surface area contributed by atoms with Crippen LogP contribution in [0.2, 0.25) is 0 Å². The molecule has 21 heavy (non-hydrogen) atoms. The molecule has 1 heterocycles. The molecule has 2 fully saturated rings. The van der Waals surface area contributed by atoms with Gasteiger partial charge in [0.25, 0.3) is 0 Å². The Bertz CT molecular complexity index is 460. The van der Waals surface area contributed by atoms with Crippen LogP contribution in [0.3, 0.4) is 0 Å². The molecule has 0 unspecified atom stereocenters. The molecule has 1 saturated heterocycles. The predicted molar refractivity (Wildman–Crippen MR) is 94.6 cm³/mol. The molecule has 1 saturated carbocycles. The molecule has 0 amide bonds. The van der Waals surface area contributed by atoms with E-state index in [0.717, 1.165) is 18.8 Å². The second kappa shape index (κ2) is 6.62. The van der Waals surface area contributed by atoms with Crippen molar-refractivity contribution in [2.75, 3.05) is 43.4 Å². The first-order valence-electron chi connectivity index (χ1n) is 8.36. The van der Waals surface area contributed by atoms with Crippen molar-refractivity contribution in [2.24, 2.45) is 5.41 Å². The second-order valence-corrected chi connectivity index (χ2v) is 7.28. The molecule has 0 spiro atoms. The zero-order valence-electron chi connectivity index (χ0n) is 13.2. The van der Waals surface area contributed by atoms with Crippen molar-refractivity contribution < 1.29 is 0 Å². The summed E-state index contributed by atoms with van der Waals surface area (Å²) in [5, 5.41) is 0. The fourth-order valence-electron chi connectivity index (χ4n) is 3.95. The van der Waals surface area contributed by atoms with Crippen LogP contribution in [0.15, 0.2) is 24.3 Å². The van der Waals surface area contributed by atoms with Crippen LogP contribution in [0, 0.1) is 12.3 Å². The van der Waals surface area contributed by atoms with E-state index < -0.39 is 0 Å². The molecule has 0 bridgehead atoms. The minimum atomic E-state index is 0.509. The Labute approximate surface area is 134 Å². The van der Waals surface area contributed by atoms with Crippen LogP contribution >= 0.6 is 12.6 Å². The minimum absolute atomic E-state index is 0.509. The topological polar surface area (TPSA) is 6.48 Å². The van der Waals surface area contributed by atoms with Crippen molar-refractivity contribution >= 4 is 18.3 Å². The molecule has 3 heteroatoms. The van der Waals surface area contributed by atoms with Crippen molar-refractivity contribution in [3.05, 3.63) is 29.8 Å². The third-order valence-electron chi connectivity index (χ3n) is 5.30. The molecule has 2 aliphatic rings. The Balaban J connectivity index is 1.55. The van der Waals surface area contributed by atoms with E-state index >= 15 is 0 Å². The van der Waals surface area contributed by atoms with Crippen LogP contribution in [0.4, 0.5) is 5.69 Å². The van der Waals surface area contributed by atoms with Gasteiger partial charge in [0.05, 0.1) is 0 Å². The van der Waals surface area contributed by atoms with Gasteiger partial charge in [-0.1, -0.05) is 25.0 Å². The van der Waals surface area contributed by atoms with Gasteiger partial charge in [-0.25, -0.2) is 0 Å². The summed E-state index contributed by atoms with van der Waals surface area (Å²) >= 11 is 4.65. The van der Waals surface area contributed by atoms with E-state index in [1.807, 2.05) is 0 Å². The summed E-state index contributed by atoms with van der Waals surface area (Å²) in [6.07, 6.45) is 5.58. The molecule has 0 atom stereocenters. The Morgan fingerprint density at radius 3 is 2.43 bits per heavy atom. The maximum atomic E-state index is 4.65. The fraction of sp³-hybridized carbons (Fsp3) is 0.667. The van der Waals surface area contributed by atoms with Gasteiger partial charge >= 0.3 is 0 Å². The summed E-state index contributed by atoms with van der Waals surface area (Å²) in [4.78, 5) is 5.21. The standard InChI is InChI=1S/C18H28N2S/c1-16-5-4-6-17(13-16)20-11-9-19(10-12-20)14-18(15-21)7-2-3-8-18/h4-6,13,21H,2-3,7-12,14-15H2,1H3. The van der Waals surface area contributed by atoms with Gasteiger partial charge in [0, 0.05) is 38.4 Å². The highest BCUT2D eigenvalue weighted by Gasteiger charge is 2.35. The lowest BCUT2D eigenvalue weighted by atomic mass is 9.87. The minimum Gasteiger partial charge on any atom is -0.369 e. The van der Waals surface area contributed by atoms with Gasteiger partial charge in [-0.2, -0.15) is 12.6 Å². The Morgan fingerprint density at radius 1 is 1.10 bits per heavy atom. The first-order valence-corrected chi connectivity index (χ1v) is 8.99. The summed E-state index contributed by atoms with van der Waals surface area (Å²) in [6.45, 7) is 8.15. The van der Waals surface area contributed by atoms with E-state index in [1.54, 1.807) is 0 Å². The van der Waals surface area contributed by atoms with Crippen LogP contribution in [0.25, 0.3) is 0 Å². The summed E-state index contributed by atoms with van der Waals surface area (Å²) < 4.78 is 0. The van der Waals surface area contributed by atoms with Gasteiger partial charge in [0.2, 0.25) is 0 Å². The quantitative estimate of drug-likeness (QED) is 0.849. The van der Waals surface area contributed by atoms with Crippen molar-refractivity contribution in [3.63, 3.8) is 0 Å². The van der Waals surface area contributed by atoms with Crippen LogP contribution < -0.4 is 4.90 Å². The molecule has 0 radical (unpaired) electrons. The highest BCUT2D eigenvalue weighted by Crippen LogP contribution is 2.39. The van der Waals surface area contributed by atoms with E-state index in [9.17, 15) is 0 Å². The lowest BCUT2D eigenvalue weighted by Gasteiger charge is -2.40. The number of benzene rings is 1. The molecule has 0 aromatic heterocycles. The fourth-order valence-corrected chi connectivity index (χ4v) is 4.37. The van der Waals surface area contributed by atoms with E-state index in [1.165, 1.54) is 56.6 Å². The molecule has 1 aromatic rings. The number of rotatable bonds is 4. The van der Waals surface area contributed by atoms with Gasteiger partial charge < -0.3 is 4.90 Å². The van der Waals surface area contributed by atoms with Crippen LogP contribution in [0.5, 0.6) is 0 Å². The van der Waals surface area contributed by atoms with Crippen LogP contribution in [-0.4, -0.2) is 43.4 Å². The summed E-state index contributed by atoms with van der Waals surface area (Å²) in [6, 6.07) is 8.90. The Hall–Kier alpha value is -0.670. The average molecular weight is 305 g/mol. The van der Waals surface area contributed by atoms with E-state index in [-0.39, 0.29) is 0 Å². The molecule has 1 aromatic carbocycles. The zero-order valence-corrected chi connectivity index (χ0v) is 14.1. The highest BCUT2D eigenvalue weighted by molar-refractivity contribution is 7.80. The number of thiol groups is 1. The number of piperazine rings is 1. The van der Waals surface area contributed by atoms with Gasteiger partial charge in [-0.3, -0.25) is 4.90 Å². The monoisotopic (exact) mass is 304 g/mol. The van der Waals surface area contributed by atoms with Crippen molar-refractivity contribution in [2.45, 2.75) is 32.6 Å². The SMILES string of the molecule is Cc1cccc(N2CCN(CC3(CS)CCCC3)CC2)c1. The number of hydrogen-bond donors (Lipinski definition) is 1. The lowest BCUT2D eigenvalue weighted by Crippen LogP contribution is -2.50. The number of aryl methyl sites for hydroxylation is 1. The summed E-state index contributed by atoms with van der Waals surface area (Å²) in [5.74, 6) is 1.06. The Morgan fingerprint density at radius 2 is 1.81 bits per heavy atom. The van der Waals surface area contributed by atoms with Gasteiger partial charge in [-0.05, 0) is 48.6 Å².